The van der Waals surface area contributed by atoms with Gasteiger partial charge in [0.25, 0.3) is 0 Å². The molecule has 0 saturated carbocycles. The molecule has 88 valence electrons. The van der Waals surface area contributed by atoms with E-state index in [0.29, 0.717) is 19.0 Å². The molecule has 1 aromatic heterocycles. The van der Waals surface area contributed by atoms with Crippen LogP contribution in [-0.4, -0.2) is 27.8 Å². The van der Waals surface area contributed by atoms with Crippen molar-refractivity contribution in [2.24, 2.45) is 5.16 Å². The van der Waals surface area contributed by atoms with Crippen LogP contribution >= 0.6 is 0 Å². The normalized spacial score (nSPS) is 11.1. The Kier molecular flexibility index (Phi) is 3.40. The second kappa shape index (κ2) is 5.16. The van der Waals surface area contributed by atoms with Crippen molar-refractivity contribution in [1.82, 2.24) is 9.78 Å². The van der Waals surface area contributed by atoms with E-state index in [9.17, 15) is 0 Å². The lowest BCUT2D eigenvalue weighted by Gasteiger charge is -2.05. The Morgan fingerprint density at radius 1 is 1.47 bits per heavy atom. The number of oxime groups is 1. The van der Waals surface area contributed by atoms with Crippen LogP contribution in [0.1, 0.15) is 0 Å². The first-order chi connectivity index (χ1) is 8.36. The molecule has 1 N–H and O–H groups in total. The molecule has 0 spiro atoms. The standard InChI is InChI=1S/C12H13N3O2/c1-2-9-17-12-10-5-3-4-6-11(10)14-15(12)8-7-13-16/h2-7,16H,1,8-9H2/b13-7-. The van der Waals surface area contributed by atoms with E-state index in [1.165, 1.54) is 6.21 Å². The minimum Gasteiger partial charge on any atom is -0.473 e. The Morgan fingerprint density at radius 3 is 3.06 bits per heavy atom. The van der Waals surface area contributed by atoms with Crippen molar-refractivity contribution < 1.29 is 9.94 Å². The monoisotopic (exact) mass is 231 g/mol. The van der Waals surface area contributed by atoms with E-state index in [-0.39, 0.29) is 0 Å². The van der Waals surface area contributed by atoms with E-state index in [4.69, 9.17) is 9.94 Å². The first kappa shape index (κ1) is 11.2. The fraction of sp³-hybridized carbons (Fsp3) is 0.167. The number of hydrogen-bond donors (Lipinski definition) is 1. The van der Waals surface area contributed by atoms with Crippen LogP contribution in [0.2, 0.25) is 0 Å². The topological polar surface area (TPSA) is 59.6 Å². The highest BCUT2D eigenvalue weighted by atomic mass is 16.5. The van der Waals surface area contributed by atoms with Crippen LogP contribution in [-0.2, 0) is 6.54 Å². The van der Waals surface area contributed by atoms with Crippen molar-refractivity contribution in [3.63, 3.8) is 0 Å². The highest BCUT2D eigenvalue weighted by molar-refractivity contribution is 5.84. The summed E-state index contributed by atoms with van der Waals surface area (Å²) in [7, 11) is 0. The van der Waals surface area contributed by atoms with Gasteiger partial charge in [0.15, 0.2) is 0 Å². The molecule has 0 aliphatic carbocycles. The van der Waals surface area contributed by atoms with Gasteiger partial charge in [-0.15, -0.1) is 5.16 Å². The number of ether oxygens (including phenoxy) is 1. The molecule has 5 nitrogen and oxygen atoms in total. The maximum Gasteiger partial charge on any atom is 0.220 e. The Labute approximate surface area is 98.6 Å². The van der Waals surface area contributed by atoms with Gasteiger partial charge in [-0.05, 0) is 12.1 Å². The SMILES string of the molecule is C=CCOc1c2ccccc2nn1C/C=N\O. The molecule has 0 aliphatic heterocycles. The molecule has 0 aliphatic rings. The minimum atomic E-state index is 0.359. The van der Waals surface area contributed by atoms with Crippen molar-refractivity contribution in [2.75, 3.05) is 6.61 Å². The lowest BCUT2D eigenvalue weighted by atomic mass is 10.2. The van der Waals surface area contributed by atoms with E-state index in [2.05, 4.69) is 16.8 Å². The van der Waals surface area contributed by atoms with Gasteiger partial charge in [-0.25, -0.2) is 4.68 Å². The third-order valence-electron chi connectivity index (χ3n) is 2.27. The predicted octanol–water partition coefficient (Wildman–Crippen LogP) is 2.06. The van der Waals surface area contributed by atoms with E-state index < -0.39 is 0 Å². The van der Waals surface area contributed by atoms with Crippen molar-refractivity contribution >= 4 is 17.1 Å². The van der Waals surface area contributed by atoms with Gasteiger partial charge in [-0.3, -0.25) is 0 Å². The Balaban J connectivity index is 2.44. The van der Waals surface area contributed by atoms with Crippen molar-refractivity contribution in [3.05, 3.63) is 36.9 Å². The summed E-state index contributed by atoms with van der Waals surface area (Å²) in [6.45, 7) is 4.38. The van der Waals surface area contributed by atoms with E-state index in [0.717, 1.165) is 10.9 Å². The lowest BCUT2D eigenvalue weighted by molar-refractivity contribution is 0.315. The molecule has 17 heavy (non-hydrogen) atoms. The third-order valence-corrected chi connectivity index (χ3v) is 2.27. The van der Waals surface area contributed by atoms with Crippen molar-refractivity contribution in [1.29, 1.82) is 0 Å². The number of benzene rings is 1. The van der Waals surface area contributed by atoms with Crippen LogP contribution < -0.4 is 4.74 Å². The maximum atomic E-state index is 8.44. The van der Waals surface area contributed by atoms with Crippen LogP contribution in [0.4, 0.5) is 0 Å². The van der Waals surface area contributed by atoms with Gasteiger partial charge < -0.3 is 9.94 Å². The van der Waals surface area contributed by atoms with Gasteiger partial charge in [0.1, 0.15) is 6.61 Å². The average Bonchev–Trinajstić information content (AvgIpc) is 2.71. The smallest absolute Gasteiger partial charge is 0.220 e. The summed E-state index contributed by atoms with van der Waals surface area (Å²) >= 11 is 0. The van der Waals surface area contributed by atoms with Gasteiger partial charge in [0.2, 0.25) is 5.88 Å². The summed E-state index contributed by atoms with van der Waals surface area (Å²) in [4.78, 5) is 0. The Bertz CT molecular complexity index is 546. The minimum absolute atomic E-state index is 0.359. The van der Waals surface area contributed by atoms with Gasteiger partial charge >= 0.3 is 0 Å². The number of rotatable bonds is 5. The van der Waals surface area contributed by atoms with Crippen molar-refractivity contribution in [3.8, 4) is 5.88 Å². The van der Waals surface area contributed by atoms with Crippen LogP contribution in [0, 0.1) is 0 Å². The molecule has 0 bridgehead atoms. The molecular weight excluding hydrogens is 218 g/mol. The molecule has 1 aromatic carbocycles. The first-order valence-electron chi connectivity index (χ1n) is 5.22. The zero-order chi connectivity index (χ0) is 12.1. The second-order valence-electron chi connectivity index (χ2n) is 3.40. The molecule has 1 heterocycles. The molecule has 0 saturated heterocycles. The summed E-state index contributed by atoms with van der Waals surface area (Å²) < 4.78 is 7.22. The maximum absolute atomic E-state index is 8.44. The summed E-state index contributed by atoms with van der Waals surface area (Å²) in [6, 6.07) is 7.68. The van der Waals surface area contributed by atoms with Gasteiger partial charge in [-0.2, -0.15) is 5.10 Å². The predicted molar refractivity (Wildman–Crippen MR) is 65.7 cm³/mol. The summed E-state index contributed by atoms with van der Waals surface area (Å²) in [5.74, 6) is 0.653. The largest absolute Gasteiger partial charge is 0.473 e. The van der Waals surface area contributed by atoms with Crippen LogP contribution in [0.15, 0.2) is 42.1 Å². The molecule has 2 rings (SSSR count). The highest BCUT2D eigenvalue weighted by Gasteiger charge is 2.10. The second-order valence-corrected chi connectivity index (χ2v) is 3.40. The lowest BCUT2D eigenvalue weighted by Crippen LogP contribution is -2.06. The number of aromatic nitrogens is 2. The summed E-state index contributed by atoms with van der Waals surface area (Å²) in [5, 5.41) is 16.7. The molecule has 0 unspecified atom stereocenters. The summed E-state index contributed by atoms with van der Waals surface area (Å²) in [6.07, 6.45) is 3.03. The van der Waals surface area contributed by atoms with Crippen LogP contribution in [0.5, 0.6) is 5.88 Å². The zero-order valence-electron chi connectivity index (χ0n) is 9.28. The average molecular weight is 231 g/mol. The Hall–Kier alpha value is -2.30. The molecule has 0 radical (unpaired) electrons. The van der Waals surface area contributed by atoms with E-state index in [1.807, 2.05) is 24.3 Å². The number of fused-ring (bicyclic) bond motifs is 1. The third kappa shape index (κ3) is 2.28. The van der Waals surface area contributed by atoms with Crippen molar-refractivity contribution in [2.45, 2.75) is 6.54 Å². The van der Waals surface area contributed by atoms with E-state index >= 15 is 0 Å². The zero-order valence-corrected chi connectivity index (χ0v) is 9.28. The summed E-state index contributed by atoms with van der Waals surface area (Å²) in [5.41, 5.74) is 0.845. The molecule has 0 amide bonds. The van der Waals surface area contributed by atoms with Crippen LogP contribution in [0.25, 0.3) is 10.9 Å². The molecular formula is C12H13N3O2. The van der Waals surface area contributed by atoms with Gasteiger partial charge in [0, 0.05) is 0 Å². The van der Waals surface area contributed by atoms with Gasteiger partial charge in [0.05, 0.1) is 23.7 Å². The molecule has 0 atom stereocenters. The first-order valence-corrected chi connectivity index (χ1v) is 5.22. The molecule has 0 fully saturated rings. The quantitative estimate of drug-likeness (QED) is 0.371. The highest BCUT2D eigenvalue weighted by Crippen LogP contribution is 2.25. The molecule has 5 heteroatoms. The number of hydrogen-bond acceptors (Lipinski definition) is 4. The van der Waals surface area contributed by atoms with Gasteiger partial charge in [-0.1, -0.05) is 24.8 Å². The fourth-order valence-corrected chi connectivity index (χ4v) is 1.58. The van der Waals surface area contributed by atoms with E-state index in [1.54, 1.807) is 10.8 Å². The molecule has 2 aromatic rings. The fourth-order valence-electron chi connectivity index (χ4n) is 1.58. The number of nitrogens with zero attached hydrogens (tertiary/aromatic N) is 3. The van der Waals surface area contributed by atoms with Crippen LogP contribution in [0.3, 0.4) is 0 Å². The Morgan fingerprint density at radius 2 is 2.29 bits per heavy atom.